The van der Waals surface area contributed by atoms with Crippen molar-refractivity contribution in [2.75, 3.05) is 52.7 Å². The predicted molar refractivity (Wildman–Crippen MR) is 119 cm³/mol. The molecule has 6 nitrogen and oxygen atoms in total. The van der Waals surface area contributed by atoms with Crippen LogP contribution in [0.4, 0.5) is 0 Å². The second-order valence-electron chi connectivity index (χ2n) is 6.15. The first kappa shape index (κ1) is 23.0. The summed E-state index contributed by atoms with van der Waals surface area (Å²) in [6.07, 6.45) is 1.07. The molecule has 1 fully saturated rings. The molecule has 26 heavy (non-hydrogen) atoms. The van der Waals surface area contributed by atoms with E-state index in [4.69, 9.17) is 4.74 Å². The number of rotatable bonds is 8. The van der Waals surface area contributed by atoms with Crippen molar-refractivity contribution in [3.05, 3.63) is 30.3 Å². The van der Waals surface area contributed by atoms with Crippen molar-refractivity contribution in [3.63, 3.8) is 0 Å². The van der Waals surface area contributed by atoms with Crippen molar-refractivity contribution < 1.29 is 9.53 Å². The molecule has 1 atom stereocenters. The molecule has 0 saturated carbocycles. The number of aliphatic imine (C=N–C) groups is 1. The van der Waals surface area contributed by atoms with Crippen LogP contribution in [0.25, 0.3) is 0 Å². The summed E-state index contributed by atoms with van der Waals surface area (Å²) >= 11 is 1.79. The molecule has 0 bridgehead atoms. The SMILES string of the molecule is CN(C)C(=O)CN=C(NCCSc1ccccc1)NCC1CCOC1.I. The lowest BCUT2D eigenvalue weighted by atomic mass is 10.1. The van der Waals surface area contributed by atoms with Gasteiger partial charge >= 0.3 is 0 Å². The molecule has 1 saturated heterocycles. The van der Waals surface area contributed by atoms with Gasteiger partial charge in [0.25, 0.3) is 0 Å². The maximum atomic E-state index is 11.8. The van der Waals surface area contributed by atoms with E-state index in [1.807, 2.05) is 18.2 Å². The molecule has 2 N–H and O–H groups in total. The quantitative estimate of drug-likeness (QED) is 0.191. The Morgan fingerprint density at radius 3 is 2.73 bits per heavy atom. The van der Waals surface area contributed by atoms with Crippen LogP contribution in [0.2, 0.25) is 0 Å². The minimum absolute atomic E-state index is 0. The Kier molecular flexibility index (Phi) is 11.7. The van der Waals surface area contributed by atoms with Gasteiger partial charge in [-0.15, -0.1) is 35.7 Å². The highest BCUT2D eigenvalue weighted by Gasteiger charge is 2.15. The number of carbonyl (C=O) groups is 1. The average Bonchev–Trinajstić information content (AvgIpc) is 3.14. The highest BCUT2D eigenvalue weighted by atomic mass is 127. The van der Waals surface area contributed by atoms with Gasteiger partial charge in [-0.2, -0.15) is 0 Å². The summed E-state index contributed by atoms with van der Waals surface area (Å²) in [5.74, 6) is 2.12. The molecule has 1 unspecified atom stereocenters. The number of thioether (sulfide) groups is 1. The smallest absolute Gasteiger partial charge is 0.243 e. The number of benzene rings is 1. The molecule has 1 heterocycles. The number of halogens is 1. The van der Waals surface area contributed by atoms with Crippen LogP contribution in [-0.4, -0.2) is 69.5 Å². The van der Waals surface area contributed by atoms with E-state index >= 15 is 0 Å². The van der Waals surface area contributed by atoms with Gasteiger partial charge in [0.2, 0.25) is 5.91 Å². The third kappa shape index (κ3) is 9.09. The minimum atomic E-state index is -0.0102. The first-order valence-electron chi connectivity index (χ1n) is 8.63. The topological polar surface area (TPSA) is 66.0 Å². The number of guanidine groups is 1. The highest BCUT2D eigenvalue weighted by molar-refractivity contribution is 14.0. The van der Waals surface area contributed by atoms with Crippen molar-refractivity contribution in [1.82, 2.24) is 15.5 Å². The zero-order valence-corrected chi connectivity index (χ0v) is 18.6. The number of amides is 1. The third-order valence-electron chi connectivity index (χ3n) is 3.86. The van der Waals surface area contributed by atoms with Gasteiger partial charge in [-0.05, 0) is 18.6 Å². The van der Waals surface area contributed by atoms with E-state index in [1.165, 1.54) is 4.90 Å². The van der Waals surface area contributed by atoms with Gasteiger partial charge in [0, 0.05) is 50.4 Å². The third-order valence-corrected chi connectivity index (χ3v) is 4.87. The van der Waals surface area contributed by atoms with Crippen LogP contribution in [0.1, 0.15) is 6.42 Å². The molecule has 2 rings (SSSR count). The van der Waals surface area contributed by atoms with E-state index in [1.54, 1.807) is 30.8 Å². The Morgan fingerprint density at radius 2 is 2.08 bits per heavy atom. The molecule has 1 aromatic carbocycles. The molecule has 0 spiro atoms. The fourth-order valence-electron chi connectivity index (χ4n) is 2.30. The highest BCUT2D eigenvalue weighted by Crippen LogP contribution is 2.15. The van der Waals surface area contributed by atoms with E-state index in [2.05, 4.69) is 27.8 Å². The van der Waals surface area contributed by atoms with Crippen LogP contribution in [0.15, 0.2) is 40.2 Å². The first-order valence-corrected chi connectivity index (χ1v) is 9.61. The van der Waals surface area contributed by atoms with Crippen LogP contribution in [0, 0.1) is 5.92 Å². The van der Waals surface area contributed by atoms with Crippen molar-refractivity contribution >= 4 is 47.6 Å². The lowest BCUT2D eigenvalue weighted by Crippen LogP contribution is -2.41. The molecule has 8 heteroatoms. The van der Waals surface area contributed by atoms with Crippen molar-refractivity contribution in [1.29, 1.82) is 0 Å². The molecule has 1 aromatic rings. The number of hydrogen-bond acceptors (Lipinski definition) is 4. The van der Waals surface area contributed by atoms with Crippen LogP contribution in [-0.2, 0) is 9.53 Å². The zero-order chi connectivity index (χ0) is 17.9. The Hall–Kier alpha value is -1.000. The van der Waals surface area contributed by atoms with Gasteiger partial charge < -0.3 is 20.3 Å². The zero-order valence-electron chi connectivity index (χ0n) is 15.4. The summed E-state index contributed by atoms with van der Waals surface area (Å²) in [5.41, 5.74) is 0. The fourth-order valence-corrected chi connectivity index (χ4v) is 3.09. The predicted octanol–water partition coefficient (Wildman–Crippen LogP) is 2.06. The number of carbonyl (C=O) groups excluding carboxylic acids is 1. The second-order valence-corrected chi connectivity index (χ2v) is 7.32. The monoisotopic (exact) mass is 492 g/mol. The lowest BCUT2D eigenvalue weighted by Gasteiger charge is -2.15. The van der Waals surface area contributed by atoms with Gasteiger partial charge in [0.1, 0.15) is 6.54 Å². The normalized spacial score (nSPS) is 16.7. The van der Waals surface area contributed by atoms with Crippen molar-refractivity contribution in [2.45, 2.75) is 11.3 Å². The number of nitrogens with zero attached hydrogens (tertiary/aromatic N) is 2. The molecule has 0 aliphatic carbocycles. The molecule has 1 aliphatic heterocycles. The van der Waals surface area contributed by atoms with Crippen LogP contribution < -0.4 is 10.6 Å². The first-order chi connectivity index (χ1) is 12.1. The van der Waals surface area contributed by atoms with E-state index in [9.17, 15) is 4.79 Å². The molecular weight excluding hydrogens is 463 g/mol. The molecule has 146 valence electrons. The van der Waals surface area contributed by atoms with Crippen molar-refractivity contribution in [2.24, 2.45) is 10.9 Å². The molecular formula is C18H29IN4O2S. The summed E-state index contributed by atoms with van der Waals surface area (Å²) in [5, 5.41) is 6.65. The van der Waals surface area contributed by atoms with E-state index in [0.29, 0.717) is 11.9 Å². The Morgan fingerprint density at radius 1 is 1.31 bits per heavy atom. The van der Waals surface area contributed by atoms with Gasteiger partial charge in [0.05, 0.1) is 6.61 Å². The number of ether oxygens (including phenoxy) is 1. The summed E-state index contributed by atoms with van der Waals surface area (Å²) < 4.78 is 5.40. The Bertz CT molecular complexity index is 551. The second kappa shape index (κ2) is 13.2. The standard InChI is InChI=1S/C18H28N4O2S.HI/c1-22(2)17(23)13-21-18(20-12-15-8-10-24-14-15)19-9-11-25-16-6-4-3-5-7-16;/h3-7,15H,8-14H2,1-2H3,(H2,19,20,21);1H. The number of hydrogen-bond donors (Lipinski definition) is 2. The van der Waals surface area contributed by atoms with E-state index < -0.39 is 0 Å². The summed E-state index contributed by atoms with van der Waals surface area (Å²) in [4.78, 5) is 19.0. The lowest BCUT2D eigenvalue weighted by molar-refractivity contribution is -0.127. The molecule has 1 amide bonds. The van der Waals surface area contributed by atoms with Gasteiger partial charge in [0.15, 0.2) is 5.96 Å². The van der Waals surface area contributed by atoms with Gasteiger partial charge in [-0.1, -0.05) is 18.2 Å². The largest absolute Gasteiger partial charge is 0.381 e. The van der Waals surface area contributed by atoms with Crippen LogP contribution >= 0.6 is 35.7 Å². The Balaban J connectivity index is 0.00000338. The van der Waals surface area contributed by atoms with E-state index in [-0.39, 0.29) is 36.4 Å². The average molecular weight is 492 g/mol. The van der Waals surface area contributed by atoms with Gasteiger partial charge in [-0.25, -0.2) is 4.99 Å². The summed E-state index contributed by atoms with van der Waals surface area (Å²) in [6.45, 7) is 3.37. The molecule has 1 aliphatic rings. The van der Waals surface area contributed by atoms with Gasteiger partial charge in [-0.3, -0.25) is 4.79 Å². The maximum absolute atomic E-state index is 11.8. The van der Waals surface area contributed by atoms with Crippen LogP contribution in [0.3, 0.4) is 0 Å². The Labute approximate surface area is 177 Å². The summed E-state index contributed by atoms with van der Waals surface area (Å²) in [6, 6.07) is 10.3. The molecule has 0 aromatic heterocycles. The molecule has 0 radical (unpaired) electrons. The minimum Gasteiger partial charge on any atom is -0.381 e. The maximum Gasteiger partial charge on any atom is 0.243 e. The summed E-state index contributed by atoms with van der Waals surface area (Å²) in [7, 11) is 3.48. The number of likely N-dealkylation sites (N-methyl/N-ethyl adjacent to an activating group) is 1. The number of nitrogens with one attached hydrogen (secondary N) is 2. The fraction of sp³-hybridized carbons (Fsp3) is 0.556. The van der Waals surface area contributed by atoms with Crippen LogP contribution in [0.5, 0.6) is 0 Å². The van der Waals surface area contributed by atoms with Crippen molar-refractivity contribution in [3.8, 4) is 0 Å². The van der Waals surface area contributed by atoms with E-state index in [0.717, 1.165) is 38.5 Å².